The fraction of sp³-hybridized carbons (Fsp3) is 0.394. The lowest BCUT2D eigenvalue weighted by molar-refractivity contribution is -0.139. The second kappa shape index (κ2) is 15.5. The fourth-order valence-corrected chi connectivity index (χ4v) is 7.04. The van der Waals surface area contributed by atoms with Crippen LogP contribution in [0.15, 0.2) is 65.6 Å². The zero-order valence-electron chi connectivity index (χ0n) is 26.3. The van der Waals surface area contributed by atoms with Gasteiger partial charge in [0, 0.05) is 29.2 Å². The quantitative estimate of drug-likeness (QED) is 0.252. The molecule has 0 unspecified atom stereocenters. The molecule has 1 atom stereocenters. The maximum Gasteiger partial charge on any atom is 0.265 e. The third kappa shape index (κ3) is 8.03. The summed E-state index contributed by atoms with van der Waals surface area (Å²) < 4.78 is 60.5. The number of carbonyl (C=O) groups excluding carboxylic acids is 2. The highest BCUT2D eigenvalue weighted by Crippen LogP contribution is 2.37. The van der Waals surface area contributed by atoms with Gasteiger partial charge in [0.1, 0.15) is 24.2 Å². The van der Waals surface area contributed by atoms with Crippen molar-refractivity contribution in [1.29, 1.82) is 0 Å². The lowest BCUT2D eigenvalue weighted by Gasteiger charge is -2.33. The fourth-order valence-electron chi connectivity index (χ4n) is 5.44. The van der Waals surface area contributed by atoms with E-state index in [4.69, 9.17) is 25.8 Å². The van der Waals surface area contributed by atoms with Gasteiger partial charge in [0.25, 0.3) is 10.0 Å². The first-order valence-electron chi connectivity index (χ1n) is 14.9. The van der Waals surface area contributed by atoms with Crippen molar-refractivity contribution in [3.8, 4) is 17.2 Å². The molecule has 0 bridgehead atoms. The number of benzene rings is 3. The molecule has 0 heterocycles. The maximum absolute atomic E-state index is 14.9. The van der Waals surface area contributed by atoms with E-state index < -0.39 is 40.2 Å². The van der Waals surface area contributed by atoms with Crippen LogP contribution >= 0.6 is 11.6 Å². The highest BCUT2D eigenvalue weighted by molar-refractivity contribution is 7.92. The minimum Gasteiger partial charge on any atom is -0.495 e. The van der Waals surface area contributed by atoms with Crippen molar-refractivity contribution in [1.82, 2.24) is 10.2 Å². The van der Waals surface area contributed by atoms with Gasteiger partial charge in [0.15, 0.2) is 11.5 Å². The van der Waals surface area contributed by atoms with E-state index in [9.17, 15) is 22.4 Å². The van der Waals surface area contributed by atoms with Gasteiger partial charge in [-0.05, 0) is 56.2 Å². The number of rotatable bonds is 13. The standard InChI is InChI=1S/C33H39ClFN3O7S/c1-22(33(40)36-25-11-6-5-7-12-25)37(20-23-10-8-9-13-27(23)35)32(39)21-38(28-18-24(34)14-16-29(28)43-2)46(41,42)26-15-17-30(44-3)31(19-26)45-4/h8-10,13-19,22,25H,5-7,11-12,20-21H2,1-4H3,(H,36,40)/t22-/m1/s1. The molecule has 10 nitrogen and oxygen atoms in total. The van der Waals surface area contributed by atoms with E-state index in [2.05, 4.69) is 5.32 Å². The topological polar surface area (TPSA) is 114 Å². The first kappa shape index (κ1) is 34.8. The number of hydrogen-bond acceptors (Lipinski definition) is 7. The number of anilines is 1. The van der Waals surface area contributed by atoms with Gasteiger partial charge in [0.05, 0.1) is 31.9 Å². The zero-order valence-corrected chi connectivity index (χ0v) is 27.9. The second-order valence-electron chi connectivity index (χ2n) is 11.0. The molecule has 1 fully saturated rings. The van der Waals surface area contributed by atoms with Crippen LogP contribution in [0.5, 0.6) is 17.2 Å². The average molecular weight is 676 g/mol. The first-order chi connectivity index (χ1) is 22.0. The summed E-state index contributed by atoms with van der Waals surface area (Å²) >= 11 is 6.31. The highest BCUT2D eigenvalue weighted by Gasteiger charge is 2.35. The molecule has 248 valence electrons. The Morgan fingerprint density at radius 3 is 2.24 bits per heavy atom. The van der Waals surface area contributed by atoms with Gasteiger partial charge in [-0.1, -0.05) is 49.1 Å². The van der Waals surface area contributed by atoms with Crippen LogP contribution in [0.1, 0.15) is 44.6 Å². The summed E-state index contributed by atoms with van der Waals surface area (Å²) in [5, 5.41) is 3.22. The summed E-state index contributed by atoms with van der Waals surface area (Å²) in [6.07, 6.45) is 4.72. The smallest absolute Gasteiger partial charge is 0.265 e. The first-order valence-corrected chi connectivity index (χ1v) is 16.7. The Balaban J connectivity index is 1.77. The molecule has 0 radical (unpaired) electrons. The number of methoxy groups -OCH3 is 3. The molecule has 0 aromatic heterocycles. The highest BCUT2D eigenvalue weighted by atomic mass is 35.5. The second-order valence-corrected chi connectivity index (χ2v) is 13.3. The van der Waals surface area contributed by atoms with Crippen LogP contribution in [-0.4, -0.2) is 65.1 Å². The molecule has 4 rings (SSSR count). The lowest BCUT2D eigenvalue weighted by Crippen LogP contribution is -2.53. The molecule has 46 heavy (non-hydrogen) atoms. The van der Waals surface area contributed by atoms with Gasteiger partial charge >= 0.3 is 0 Å². The van der Waals surface area contributed by atoms with E-state index in [1.54, 1.807) is 13.0 Å². The zero-order chi connectivity index (χ0) is 33.4. The lowest BCUT2D eigenvalue weighted by atomic mass is 9.95. The largest absolute Gasteiger partial charge is 0.495 e. The van der Waals surface area contributed by atoms with Crippen molar-refractivity contribution in [3.05, 3.63) is 77.1 Å². The molecule has 0 spiro atoms. The van der Waals surface area contributed by atoms with E-state index >= 15 is 0 Å². The Labute approximate surface area is 274 Å². The molecule has 1 aliphatic rings. The van der Waals surface area contributed by atoms with Crippen LogP contribution < -0.4 is 23.8 Å². The summed E-state index contributed by atoms with van der Waals surface area (Å²) in [4.78, 5) is 28.7. The van der Waals surface area contributed by atoms with E-state index in [0.29, 0.717) is 5.75 Å². The molecule has 1 aliphatic carbocycles. The summed E-state index contributed by atoms with van der Waals surface area (Å²) in [6, 6.07) is 13.2. The number of nitrogens with one attached hydrogen (secondary N) is 1. The number of carbonyl (C=O) groups is 2. The van der Waals surface area contributed by atoms with Crippen LogP contribution in [0.25, 0.3) is 0 Å². The number of sulfonamides is 1. The number of nitrogens with zero attached hydrogens (tertiary/aromatic N) is 2. The van der Waals surface area contributed by atoms with Gasteiger partial charge in [-0.25, -0.2) is 12.8 Å². The molecule has 13 heteroatoms. The summed E-state index contributed by atoms with van der Waals surface area (Å²) in [6.45, 7) is 0.509. The van der Waals surface area contributed by atoms with E-state index in [1.807, 2.05) is 0 Å². The summed E-state index contributed by atoms with van der Waals surface area (Å²) in [5.74, 6) is -1.14. The third-order valence-electron chi connectivity index (χ3n) is 8.05. The van der Waals surface area contributed by atoms with Crippen molar-refractivity contribution in [2.24, 2.45) is 0 Å². The number of ether oxygens (including phenoxy) is 3. The molecular weight excluding hydrogens is 637 g/mol. The molecule has 3 aromatic rings. The SMILES string of the molecule is COc1ccc(S(=O)(=O)N(CC(=O)N(Cc2ccccc2F)[C@H](C)C(=O)NC2CCCCC2)c2cc(Cl)ccc2OC)cc1OC. The Morgan fingerprint density at radius 2 is 1.59 bits per heavy atom. The molecular formula is C33H39ClFN3O7S. The van der Waals surface area contributed by atoms with Crippen molar-refractivity contribution < 1.29 is 36.6 Å². The van der Waals surface area contributed by atoms with Crippen LogP contribution in [-0.2, 0) is 26.2 Å². The van der Waals surface area contributed by atoms with E-state index in [1.165, 1.54) is 80.8 Å². The van der Waals surface area contributed by atoms with Crippen LogP contribution in [0.4, 0.5) is 10.1 Å². The predicted molar refractivity (Wildman–Crippen MR) is 174 cm³/mol. The monoisotopic (exact) mass is 675 g/mol. The number of hydrogen-bond donors (Lipinski definition) is 1. The van der Waals surface area contributed by atoms with Crippen LogP contribution in [0.3, 0.4) is 0 Å². The van der Waals surface area contributed by atoms with Gasteiger partial charge in [0.2, 0.25) is 11.8 Å². The minimum atomic E-state index is -4.50. The Kier molecular flexibility index (Phi) is 11.7. The molecule has 2 amide bonds. The van der Waals surface area contributed by atoms with Crippen molar-refractivity contribution in [3.63, 3.8) is 0 Å². The van der Waals surface area contributed by atoms with Crippen LogP contribution in [0.2, 0.25) is 5.02 Å². The molecule has 0 saturated heterocycles. The van der Waals surface area contributed by atoms with Gasteiger partial charge < -0.3 is 24.4 Å². The Hall–Kier alpha value is -4.03. The summed E-state index contributed by atoms with van der Waals surface area (Å²) in [5.41, 5.74) is 0.158. The van der Waals surface area contributed by atoms with Crippen molar-refractivity contribution >= 4 is 39.1 Å². The minimum absolute atomic E-state index is 0.0108. The van der Waals surface area contributed by atoms with E-state index in [0.717, 1.165) is 36.4 Å². The molecule has 3 aromatic carbocycles. The van der Waals surface area contributed by atoms with Gasteiger partial charge in [-0.3, -0.25) is 13.9 Å². The molecule has 0 aliphatic heterocycles. The maximum atomic E-state index is 14.9. The van der Waals surface area contributed by atoms with E-state index in [-0.39, 0.29) is 45.3 Å². The molecule has 1 saturated carbocycles. The van der Waals surface area contributed by atoms with Gasteiger partial charge in [-0.2, -0.15) is 0 Å². The Bertz CT molecular complexity index is 1650. The average Bonchev–Trinajstić information content (AvgIpc) is 3.06. The van der Waals surface area contributed by atoms with Crippen molar-refractivity contribution in [2.75, 3.05) is 32.2 Å². The Morgan fingerprint density at radius 1 is 0.935 bits per heavy atom. The number of halogens is 2. The normalized spacial score (nSPS) is 14.2. The summed E-state index contributed by atoms with van der Waals surface area (Å²) in [7, 11) is -0.352. The predicted octanol–water partition coefficient (Wildman–Crippen LogP) is 5.57. The number of amides is 2. The third-order valence-corrected chi connectivity index (χ3v) is 10.0. The van der Waals surface area contributed by atoms with Crippen LogP contribution in [0, 0.1) is 5.82 Å². The van der Waals surface area contributed by atoms with Gasteiger partial charge in [-0.15, -0.1) is 0 Å². The van der Waals surface area contributed by atoms with Crippen molar-refractivity contribution in [2.45, 2.75) is 62.6 Å². The molecule has 1 N–H and O–H groups in total.